The summed E-state index contributed by atoms with van der Waals surface area (Å²) < 4.78 is 7.38. The van der Waals surface area contributed by atoms with Crippen molar-refractivity contribution in [3.63, 3.8) is 0 Å². The maximum Gasteiger partial charge on any atom is 0.238 e. The van der Waals surface area contributed by atoms with E-state index in [1.54, 1.807) is 31.5 Å². The van der Waals surface area contributed by atoms with Crippen LogP contribution >= 0.6 is 0 Å². The van der Waals surface area contributed by atoms with Gasteiger partial charge in [0, 0.05) is 33.5 Å². The van der Waals surface area contributed by atoms with Crippen LogP contribution in [0.25, 0.3) is 0 Å². The summed E-state index contributed by atoms with van der Waals surface area (Å²) in [6.45, 7) is 1.83. The van der Waals surface area contributed by atoms with Crippen LogP contribution < -0.4 is 5.32 Å². The SMILES string of the molecule is CC(NC(c1ccco1)c1nccn1C)C(=O)N(C)C. The molecule has 1 N–H and O–H groups in total. The van der Waals surface area contributed by atoms with Crippen molar-refractivity contribution in [1.82, 2.24) is 19.8 Å². The van der Waals surface area contributed by atoms with Crippen LogP contribution in [-0.2, 0) is 11.8 Å². The molecule has 1 amide bonds. The molecule has 2 atom stereocenters. The maximum absolute atomic E-state index is 12.0. The van der Waals surface area contributed by atoms with Gasteiger partial charge in [-0.1, -0.05) is 0 Å². The normalized spacial score (nSPS) is 14.0. The Bertz CT molecular complexity index is 560. The van der Waals surface area contributed by atoms with E-state index >= 15 is 0 Å². The van der Waals surface area contributed by atoms with Crippen molar-refractivity contribution in [2.24, 2.45) is 7.05 Å². The molecule has 2 heterocycles. The van der Waals surface area contributed by atoms with E-state index in [1.165, 1.54) is 0 Å². The van der Waals surface area contributed by atoms with Crippen LogP contribution in [0.3, 0.4) is 0 Å². The molecule has 0 aliphatic heterocycles. The Labute approximate surface area is 118 Å². The van der Waals surface area contributed by atoms with Gasteiger partial charge in [-0.3, -0.25) is 10.1 Å². The zero-order valence-electron chi connectivity index (χ0n) is 12.2. The first-order valence-electron chi connectivity index (χ1n) is 6.48. The van der Waals surface area contributed by atoms with Gasteiger partial charge in [-0.2, -0.15) is 0 Å². The van der Waals surface area contributed by atoms with E-state index in [1.807, 2.05) is 36.9 Å². The van der Waals surface area contributed by atoms with Gasteiger partial charge in [-0.25, -0.2) is 4.98 Å². The summed E-state index contributed by atoms with van der Waals surface area (Å²) in [6, 6.07) is 3.10. The zero-order chi connectivity index (χ0) is 14.7. The molecule has 0 saturated carbocycles. The quantitative estimate of drug-likeness (QED) is 0.890. The number of hydrogen-bond donors (Lipinski definition) is 1. The molecule has 0 aliphatic rings. The van der Waals surface area contributed by atoms with Gasteiger partial charge < -0.3 is 13.9 Å². The predicted molar refractivity (Wildman–Crippen MR) is 75.1 cm³/mol. The van der Waals surface area contributed by atoms with Crippen molar-refractivity contribution in [2.45, 2.75) is 19.0 Å². The van der Waals surface area contributed by atoms with Gasteiger partial charge in [-0.15, -0.1) is 0 Å². The molecule has 0 saturated heterocycles. The first-order chi connectivity index (χ1) is 9.50. The first-order valence-corrected chi connectivity index (χ1v) is 6.48. The van der Waals surface area contributed by atoms with Crippen molar-refractivity contribution in [1.29, 1.82) is 0 Å². The highest BCUT2D eigenvalue weighted by atomic mass is 16.3. The number of furan rings is 1. The molecule has 2 unspecified atom stereocenters. The van der Waals surface area contributed by atoms with Gasteiger partial charge in [0.05, 0.1) is 12.3 Å². The van der Waals surface area contributed by atoms with Crippen LogP contribution in [0, 0.1) is 0 Å². The molecule has 2 aromatic heterocycles. The van der Waals surface area contributed by atoms with Crippen LogP contribution in [-0.4, -0.2) is 40.5 Å². The number of nitrogens with zero attached hydrogens (tertiary/aromatic N) is 3. The van der Waals surface area contributed by atoms with Gasteiger partial charge in [-0.05, 0) is 19.1 Å². The third-order valence-corrected chi connectivity index (χ3v) is 3.17. The molecule has 2 aromatic rings. The molecule has 6 heteroatoms. The Hall–Kier alpha value is -2.08. The summed E-state index contributed by atoms with van der Waals surface area (Å²) in [6.07, 6.45) is 5.21. The number of aromatic nitrogens is 2. The largest absolute Gasteiger partial charge is 0.467 e. The second-order valence-corrected chi connectivity index (χ2v) is 4.97. The smallest absolute Gasteiger partial charge is 0.238 e. The van der Waals surface area contributed by atoms with E-state index in [2.05, 4.69) is 10.3 Å². The predicted octanol–water partition coefficient (Wildman–Crippen LogP) is 1.17. The van der Waals surface area contributed by atoms with Crippen molar-refractivity contribution < 1.29 is 9.21 Å². The zero-order valence-corrected chi connectivity index (χ0v) is 12.2. The number of nitrogens with one attached hydrogen (secondary N) is 1. The number of aryl methyl sites for hydroxylation is 1. The molecule has 0 bridgehead atoms. The summed E-state index contributed by atoms with van der Waals surface area (Å²) in [7, 11) is 5.39. The van der Waals surface area contributed by atoms with Gasteiger partial charge >= 0.3 is 0 Å². The van der Waals surface area contributed by atoms with Crippen LogP contribution in [0.5, 0.6) is 0 Å². The number of carbonyl (C=O) groups excluding carboxylic acids is 1. The lowest BCUT2D eigenvalue weighted by Gasteiger charge is -2.23. The second kappa shape index (κ2) is 5.92. The van der Waals surface area contributed by atoms with Crippen molar-refractivity contribution in [3.8, 4) is 0 Å². The van der Waals surface area contributed by atoms with Crippen LogP contribution in [0.2, 0.25) is 0 Å². The standard InChI is InChI=1S/C14H20N4O2/c1-10(14(19)17(2)3)16-12(11-6-5-9-20-11)13-15-7-8-18(13)4/h5-10,12,16H,1-4H3. The van der Waals surface area contributed by atoms with Crippen molar-refractivity contribution in [3.05, 3.63) is 42.4 Å². The van der Waals surface area contributed by atoms with E-state index in [9.17, 15) is 4.79 Å². The van der Waals surface area contributed by atoms with Crippen molar-refractivity contribution >= 4 is 5.91 Å². The maximum atomic E-state index is 12.0. The molecule has 0 radical (unpaired) electrons. The molecule has 2 rings (SSSR count). The summed E-state index contributed by atoms with van der Waals surface area (Å²) in [5.41, 5.74) is 0. The summed E-state index contributed by atoms with van der Waals surface area (Å²) in [5, 5.41) is 3.28. The Morgan fingerprint density at radius 1 is 1.50 bits per heavy atom. The van der Waals surface area contributed by atoms with Gasteiger partial charge in [0.1, 0.15) is 17.6 Å². The summed E-state index contributed by atoms with van der Waals surface area (Å²) in [5.74, 6) is 1.55. The fourth-order valence-corrected chi connectivity index (χ4v) is 2.10. The number of likely N-dealkylation sites (N-methyl/N-ethyl adjacent to an activating group) is 1. The highest BCUT2D eigenvalue weighted by Gasteiger charge is 2.26. The highest BCUT2D eigenvalue weighted by Crippen LogP contribution is 2.21. The average molecular weight is 276 g/mol. The molecular formula is C14H20N4O2. The van der Waals surface area contributed by atoms with Gasteiger partial charge in [0.15, 0.2) is 0 Å². The second-order valence-electron chi connectivity index (χ2n) is 4.97. The lowest BCUT2D eigenvalue weighted by molar-refractivity contribution is -0.130. The third-order valence-electron chi connectivity index (χ3n) is 3.17. The number of carbonyl (C=O) groups is 1. The molecule has 0 fully saturated rings. The monoisotopic (exact) mass is 276 g/mol. The molecule has 0 aromatic carbocycles. The molecule has 20 heavy (non-hydrogen) atoms. The van der Waals surface area contributed by atoms with Crippen LogP contribution in [0.1, 0.15) is 24.6 Å². The van der Waals surface area contributed by atoms with E-state index in [0.717, 1.165) is 11.6 Å². The topological polar surface area (TPSA) is 63.3 Å². The Morgan fingerprint density at radius 3 is 2.75 bits per heavy atom. The Kier molecular flexibility index (Phi) is 4.24. The number of amides is 1. The van der Waals surface area contributed by atoms with E-state index < -0.39 is 0 Å². The molecule has 0 aliphatic carbocycles. The van der Waals surface area contributed by atoms with E-state index in [0.29, 0.717) is 0 Å². The Morgan fingerprint density at radius 2 is 2.25 bits per heavy atom. The Balaban J connectivity index is 2.25. The van der Waals surface area contributed by atoms with Crippen molar-refractivity contribution in [2.75, 3.05) is 14.1 Å². The molecule has 0 spiro atoms. The fraction of sp³-hybridized carbons (Fsp3) is 0.429. The first kappa shape index (κ1) is 14.3. The van der Waals surface area contributed by atoms with Crippen LogP contribution in [0.4, 0.5) is 0 Å². The van der Waals surface area contributed by atoms with Crippen LogP contribution in [0.15, 0.2) is 35.2 Å². The van der Waals surface area contributed by atoms with E-state index in [-0.39, 0.29) is 18.0 Å². The molecule has 6 nitrogen and oxygen atoms in total. The fourth-order valence-electron chi connectivity index (χ4n) is 2.10. The van der Waals surface area contributed by atoms with E-state index in [4.69, 9.17) is 4.42 Å². The number of hydrogen-bond acceptors (Lipinski definition) is 4. The minimum Gasteiger partial charge on any atom is -0.467 e. The minimum atomic E-state index is -0.336. The minimum absolute atomic E-state index is 0.00997. The number of imidazole rings is 1. The lowest BCUT2D eigenvalue weighted by Crippen LogP contribution is -2.43. The van der Waals surface area contributed by atoms with Gasteiger partial charge in [0.25, 0.3) is 0 Å². The molecule has 108 valence electrons. The highest BCUT2D eigenvalue weighted by molar-refractivity contribution is 5.81. The summed E-state index contributed by atoms with van der Waals surface area (Å²) >= 11 is 0. The number of rotatable bonds is 5. The molecular weight excluding hydrogens is 256 g/mol. The van der Waals surface area contributed by atoms with Gasteiger partial charge in [0.2, 0.25) is 5.91 Å². The third kappa shape index (κ3) is 2.91. The summed E-state index contributed by atoms with van der Waals surface area (Å²) in [4.78, 5) is 17.9. The lowest BCUT2D eigenvalue weighted by atomic mass is 10.1. The average Bonchev–Trinajstić information content (AvgIpc) is 3.06.